The van der Waals surface area contributed by atoms with Crippen LogP contribution in [0.15, 0.2) is 0 Å². The van der Waals surface area contributed by atoms with E-state index in [1.54, 1.807) is 11.1 Å². The van der Waals surface area contributed by atoms with Crippen molar-refractivity contribution in [2.75, 3.05) is 18.4 Å². The van der Waals surface area contributed by atoms with Gasteiger partial charge in [0.1, 0.15) is 0 Å². The quantitative estimate of drug-likeness (QED) is 0.789. The number of nitrogens with two attached hydrogens (primary N) is 1. The molecule has 21 heavy (non-hydrogen) atoms. The highest BCUT2D eigenvalue weighted by molar-refractivity contribution is 5.62. The average Bonchev–Trinajstić information content (AvgIpc) is 2.53. The molecule has 0 atom stereocenters. The number of nitrogens with one attached hydrogen (secondary N) is 1. The Balaban J connectivity index is 1.79. The van der Waals surface area contributed by atoms with E-state index in [1.165, 1.54) is 81.3 Å². The molecule has 0 amide bonds. The fourth-order valence-electron chi connectivity index (χ4n) is 3.78. The molecule has 116 valence electrons. The molecule has 1 heterocycles. The predicted molar refractivity (Wildman–Crippen MR) is 88.9 cm³/mol. The van der Waals surface area contributed by atoms with Crippen LogP contribution in [0.3, 0.4) is 0 Å². The Morgan fingerprint density at radius 2 is 1.43 bits per heavy atom. The van der Waals surface area contributed by atoms with E-state index in [0.29, 0.717) is 0 Å². The van der Waals surface area contributed by atoms with E-state index < -0.39 is 0 Å². The van der Waals surface area contributed by atoms with Gasteiger partial charge in [0.25, 0.3) is 0 Å². The first kappa shape index (κ1) is 14.8. The Kier molecular flexibility index (Phi) is 5.13. The molecular formula is C18H29N3. The molecule has 3 N–H and O–H groups in total. The largest absolute Gasteiger partial charge is 0.384 e. The topological polar surface area (TPSA) is 50.9 Å². The maximum Gasteiger partial charge on any atom is 0.0459 e. The van der Waals surface area contributed by atoms with E-state index in [0.717, 1.165) is 19.5 Å². The van der Waals surface area contributed by atoms with Gasteiger partial charge in [-0.3, -0.25) is 4.98 Å². The van der Waals surface area contributed by atoms with Crippen LogP contribution >= 0.6 is 0 Å². The summed E-state index contributed by atoms with van der Waals surface area (Å²) in [6.45, 7) is 1.91. The van der Waals surface area contributed by atoms with Gasteiger partial charge in [-0.25, -0.2) is 0 Å². The Bertz CT molecular complexity index is 448. The van der Waals surface area contributed by atoms with E-state index in [4.69, 9.17) is 10.7 Å². The number of unbranched alkanes of at least 4 members (excludes halogenated alkanes) is 2. The third-order valence-corrected chi connectivity index (χ3v) is 4.93. The van der Waals surface area contributed by atoms with Crippen molar-refractivity contribution in [2.24, 2.45) is 5.73 Å². The first-order valence-corrected chi connectivity index (χ1v) is 8.87. The molecule has 3 heteroatoms. The lowest BCUT2D eigenvalue weighted by Gasteiger charge is -2.27. The molecular weight excluding hydrogens is 258 g/mol. The molecule has 1 aromatic rings. The standard InChI is InChI=1S/C18H29N3/c19-12-6-1-7-13-20-18-14-8-2-4-10-16(14)21-17-11-5-3-9-15(17)18/h1-13,19H2,(H,20,21). The Labute approximate surface area is 128 Å². The number of fused-ring (bicyclic) bond motifs is 2. The number of aryl methyl sites for hydroxylation is 2. The highest BCUT2D eigenvalue weighted by atomic mass is 14.9. The van der Waals surface area contributed by atoms with Gasteiger partial charge in [-0.05, 0) is 81.9 Å². The minimum absolute atomic E-state index is 0.819. The van der Waals surface area contributed by atoms with Crippen molar-refractivity contribution in [1.29, 1.82) is 0 Å². The van der Waals surface area contributed by atoms with E-state index in [9.17, 15) is 0 Å². The summed E-state index contributed by atoms with van der Waals surface area (Å²) in [7, 11) is 0. The second-order valence-corrected chi connectivity index (χ2v) is 6.53. The van der Waals surface area contributed by atoms with Gasteiger partial charge in [0.2, 0.25) is 0 Å². The Morgan fingerprint density at radius 3 is 2.05 bits per heavy atom. The lowest BCUT2D eigenvalue weighted by atomic mass is 9.87. The van der Waals surface area contributed by atoms with Crippen molar-refractivity contribution in [1.82, 2.24) is 4.98 Å². The molecule has 0 spiro atoms. The molecule has 0 saturated heterocycles. The van der Waals surface area contributed by atoms with E-state index in [-0.39, 0.29) is 0 Å². The summed E-state index contributed by atoms with van der Waals surface area (Å²) < 4.78 is 0. The normalized spacial score (nSPS) is 17.2. The minimum Gasteiger partial charge on any atom is -0.384 e. The Hall–Kier alpha value is -1.09. The van der Waals surface area contributed by atoms with Crippen LogP contribution in [0, 0.1) is 0 Å². The zero-order valence-corrected chi connectivity index (χ0v) is 13.2. The van der Waals surface area contributed by atoms with Gasteiger partial charge in [-0.1, -0.05) is 6.42 Å². The lowest BCUT2D eigenvalue weighted by Crippen LogP contribution is -2.18. The molecule has 0 aliphatic heterocycles. The second kappa shape index (κ2) is 7.26. The van der Waals surface area contributed by atoms with Crippen molar-refractivity contribution < 1.29 is 0 Å². The van der Waals surface area contributed by atoms with Crippen molar-refractivity contribution >= 4 is 5.69 Å². The highest BCUT2D eigenvalue weighted by Crippen LogP contribution is 2.35. The van der Waals surface area contributed by atoms with E-state index in [1.807, 2.05) is 0 Å². The van der Waals surface area contributed by atoms with Gasteiger partial charge in [-0.2, -0.15) is 0 Å². The van der Waals surface area contributed by atoms with Gasteiger partial charge in [0, 0.05) is 23.6 Å². The van der Waals surface area contributed by atoms with E-state index >= 15 is 0 Å². The fourth-order valence-corrected chi connectivity index (χ4v) is 3.78. The zero-order chi connectivity index (χ0) is 14.5. The smallest absolute Gasteiger partial charge is 0.0459 e. The fraction of sp³-hybridized carbons (Fsp3) is 0.722. The van der Waals surface area contributed by atoms with Gasteiger partial charge in [-0.15, -0.1) is 0 Å². The molecule has 1 aromatic heterocycles. The summed E-state index contributed by atoms with van der Waals surface area (Å²) in [6.07, 6.45) is 13.7. The summed E-state index contributed by atoms with van der Waals surface area (Å²) in [5, 5.41) is 3.78. The van der Waals surface area contributed by atoms with Gasteiger partial charge >= 0.3 is 0 Å². The lowest BCUT2D eigenvalue weighted by molar-refractivity contribution is 0.627. The summed E-state index contributed by atoms with van der Waals surface area (Å²) in [4.78, 5) is 5.02. The highest BCUT2D eigenvalue weighted by Gasteiger charge is 2.22. The van der Waals surface area contributed by atoms with Crippen LogP contribution in [0.5, 0.6) is 0 Å². The second-order valence-electron chi connectivity index (χ2n) is 6.53. The molecule has 0 radical (unpaired) electrons. The van der Waals surface area contributed by atoms with Crippen molar-refractivity contribution in [3.05, 3.63) is 22.5 Å². The average molecular weight is 287 g/mol. The summed E-state index contributed by atoms with van der Waals surface area (Å²) in [5.74, 6) is 0. The van der Waals surface area contributed by atoms with Crippen LogP contribution < -0.4 is 11.1 Å². The molecule has 0 saturated carbocycles. The van der Waals surface area contributed by atoms with Crippen LogP contribution in [0.2, 0.25) is 0 Å². The van der Waals surface area contributed by atoms with Gasteiger partial charge in [0.05, 0.1) is 0 Å². The molecule has 0 unspecified atom stereocenters. The summed E-state index contributed by atoms with van der Waals surface area (Å²) >= 11 is 0. The first-order valence-electron chi connectivity index (χ1n) is 8.87. The summed E-state index contributed by atoms with van der Waals surface area (Å²) in [5.41, 5.74) is 12.9. The monoisotopic (exact) mass is 287 g/mol. The number of aromatic nitrogens is 1. The molecule has 0 fully saturated rings. The predicted octanol–water partition coefficient (Wildman–Crippen LogP) is 3.38. The van der Waals surface area contributed by atoms with Crippen LogP contribution in [0.25, 0.3) is 0 Å². The number of nitrogens with zero attached hydrogens (tertiary/aromatic N) is 1. The molecule has 0 aromatic carbocycles. The zero-order valence-electron chi connectivity index (χ0n) is 13.2. The molecule has 3 nitrogen and oxygen atoms in total. The third kappa shape index (κ3) is 3.39. The summed E-state index contributed by atoms with van der Waals surface area (Å²) in [6, 6.07) is 0. The SMILES string of the molecule is NCCCCCNc1c2c(nc3c1CCCC3)CCCC2. The van der Waals surface area contributed by atoms with Crippen LogP contribution in [0.4, 0.5) is 5.69 Å². The Morgan fingerprint density at radius 1 is 0.810 bits per heavy atom. The number of hydrogen-bond acceptors (Lipinski definition) is 3. The van der Waals surface area contributed by atoms with Crippen molar-refractivity contribution in [3.8, 4) is 0 Å². The third-order valence-electron chi connectivity index (χ3n) is 4.93. The van der Waals surface area contributed by atoms with Crippen LogP contribution in [-0.4, -0.2) is 18.1 Å². The van der Waals surface area contributed by atoms with E-state index in [2.05, 4.69) is 5.32 Å². The molecule has 3 rings (SSSR count). The molecule has 2 aliphatic carbocycles. The maximum absolute atomic E-state index is 5.58. The minimum atomic E-state index is 0.819. The maximum atomic E-state index is 5.58. The number of pyridine rings is 1. The van der Waals surface area contributed by atoms with Gasteiger partial charge in [0.15, 0.2) is 0 Å². The van der Waals surface area contributed by atoms with Crippen molar-refractivity contribution in [3.63, 3.8) is 0 Å². The van der Waals surface area contributed by atoms with Crippen LogP contribution in [0.1, 0.15) is 67.5 Å². The first-order chi connectivity index (χ1) is 10.4. The number of hydrogen-bond donors (Lipinski definition) is 2. The van der Waals surface area contributed by atoms with Crippen molar-refractivity contribution in [2.45, 2.75) is 70.6 Å². The molecule has 0 bridgehead atoms. The number of rotatable bonds is 6. The van der Waals surface area contributed by atoms with Crippen LogP contribution in [-0.2, 0) is 25.7 Å². The van der Waals surface area contributed by atoms with Gasteiger partial charge < -0.3 is 11.1 Å². The number of anilines is 1. The molecule has 2 aliphatic rings.